The molecule has 0 heterocycles. The molecule has 3 heteroatoms. The Labute approximate surface area is 115 Å². The summed E-state index contributed by atoms with van der Waals surface area (Å²) in [5, 5.41) is 9.28. The third-order valence-electron chi connectivity index (χ3n) is 4.61. The molecule has 19 heavy (non-hydrogen) atoms. The van der Waals surface area contributed by atoms with E-state index in [4.69, 9.17) is 0 Å². The van der Waals surface area contributed by atoms with Gasteiger partial charge in [0.1, 0.15) is 11.6 Å². The first-order chi connectivity index (χ1) is 8.99. The van der Waals surface area contributed by atoms with Crippen LogP contribution in [0.2, 0.25) is 0 Å². The van der Waals surface area contributed by atoms with Gasteiger partial charge in [0, 0.05) is 23.7 Å². The van der Waals surface area contributed by atoms with Gasteiger partial charge < -0.3 is 5.11 Å². The fraction of sp³-hybridized carbons (Fsp3) is 0.625. The summed E-state index contributed by atoms with van der Waals surface area (Å²) in [7, 11) is 2.08. The molecule has 1 atom stereocenters. The Morgan fingerprint density at radius 3 is 2.47 bits per heavy atom. The summed E-state index contributed by atoms with van der Waals surface area (Å²) in [5.41, 5.74) is 0.666. The van der Waals surface area contributed by atoms with Gasteiger partial charge in [-0.05, 0) is 51.6 Å². The molecule has 2 nitrogen and oxygen atoms in total. The molecule has 1 fully saturated rings. The second kappa shape index (κ2) is 5.91. The van der Waals surface area contributed by atoms with Crippen molar-refractivity contribution in [2.24, 2.45) is 5.92 Å². The highest BCUT2D eigenvalue weighted by Crippen LogP contribution is 2.32. The predicted octanol–water partition coefficient (Wildman–Crippen LogP) is 4.10. The summed E-state index contributed by atoms with van der Waals surface area (Å²) in [6.07, 6.45) is 4.92. The summed E-state index contributed by atoms with van der Waals surface area (Å²) in [6, 6.07) is 5.03. The lowest BCUT2D eigenvalue weighted by molar-refractivity contribution is 0.129. The zero-order chi connectivity index (χ0) is 14.0. The quantitative estimate of drug-likeness (QED) is 0.889. The highest BCUT2D eigenvalue weighted by Gasteiger charge is 2.26. The van der Waals surface area contributed by atoms with Crippen molar-refractivity contribution in [3.05, 3.63) is 29.6 Å². The van der Waals surface area contributed by atoms with Gasteiger partial charge in [-0.3, -0.25) is 4.90 Å². The Morgan fingerprint density at radius 1 is 1.26 bits per heavy atom. The van der Waals surface area contributed by atoms with Gasteiger partial charge in [0.05, 0.1) is 0 Å². The number of benzene rings is 1. The Bertz CT molecular complexity index is 427. The number of phenolic OH excluding ortho intramolecular Hbond substituents is 1. The van der Waals surface area contributed by atoms with Crippen LogP contribution in [0, 0.1) is 11.7 Å². The normalized spacial score (nSPS) is 25.5. The number of nitrogens with zero attached hydrogens (tertiary/aromatic N) is 1. The van der Waals surface area contributed by atoms with Crippen molar-refractivity contribution in [2.75, 3.05) is 7.05 Å². The summed E-state index contributed by atoms with van der Waals surface area (Å²) in [6.45, 7) is 4.34. The Kier molecular flexibility index (Phi) is 4.46. The summed E-state index contributed by atoms with van der Waals surface area (Å²) in [4.78, 5) is 2.28. The molecule has 0 bridgehead atoms. The molecule has 1 N–H and O–H groups in total. The third kappa shape index (κ3) is 3.27. The van der Waals surface area contributed by atoms with E-state index in [2.05, 4.69) is 18.9 Å². The van der Waals surface area contributed by atoms with Crippen LogP contribution in [0.4, 0.5) is 4.39 Å². The van der Waals surface area contributed by atoms with Gasteiger partial charge >= 0.3 is 0 Å². The highest BCUT2D eigenvalue weighted by atomic mass is 19.1. The topological polar surface area (TPSA) is 23.5 Å². The number of hydrogen-bond donors (Lipinski definition) is 1. The van der Waals surface area contributed by atoms with Crippen LogP contribution < -0.4 is 0 Å². The van der Waals surface area contributed by atoms with E-state index in [1.807, 2.05) is 6.92 Å². The molecule has 0 spiro atoms. The van der Waals surface area contributed by atoms with Gasteiger partial charge in [-0.1, -0.05) is 13.0 Å². The maximum atomic E-state index is 13.9. The van der Waals surface area contributed by atoms with E-state index in [0.29, 0.717) is 11.6 Å². The lowest BCUT2D eigenvalue weighted by Gasteiger charge is -2.37. The third-order valence-corrected chi connectivity index (χ3v) is 4.61. The number of phenols is 1. The van der Waals surface area contributed by atoms with Gasteiger partial charge in [0.25, 0.3) is 0 Å². The van der Waals surface area contributed by atoms with Crippen molar-refractivity contribution in [1.82, 2.24) is 4.90 Å². The molecule has 0 amide bonds. The van der Waals surface area contributed by atoms with Crippen LogP contribution in [0.1, 0.15) is 51.1 Å². The minimum atomic E-state index is -0.316. The first kappa shape index (κ1) is 14.3. The second-order valence-corrected chi connectivity index (χ2v) is 5.96. The van der Waals surface area contributed by atoms with Crippen molar-refractivity contribution >= 4 is 0 Å². The largest absolute Gasteiger partial charge is 0.508 e. The van der Waals surface area contributed by atoms with E-state index >= 15 is 0 Å². The monoisotopic (exact) mass is 265 g/mol. The van der Waals surface area contributed by atoms with E-state index in [1.165, 1.54) is 31.7 Å². The average Bonchev–Trinajstić information content (AvgIpc) is 2.38. The van der Waals surface area contributed by atoms with E-state index in [0.717, 1.165) is 5.92 Å². The molecule has 1 aliphatic rings. The van der Waals surface area contributed by atoms with Gasteiger partial charge in [-0.25, -0.2) is 4.39 Å². The molecule has 2 rings (SSSR count). The molecule has 0 aliphatic heterocycles. The number of aromatic hydroxyl groups is 1. The molecular formula is C16H24FNO. The first-order valence-electron chi connectivity index (χ1n) is 7.19. The van der Waals surface area contributed by atoms with Gasteiger partial charge in [0.2, 0.25) is 0 Å². The number of rotatable bonds is 3. The molecule has 1 aromatic rings. The molecule has 0 saturated heterocycles. The second-order valence-electron chi connectivity index (χ2n) is 5.96. The molecular weight excluding hydrogens is 241 g/mol. The Balaban J connectivity index is 2.08. The zero-order valence-electron chi connectivity index (χ0n) is 12.1. The summed E-state index contributed by atoms with van der Waals surface area (Å²) >= 11 is 0. The van der Waals surface area contributed by atoms with Crippen molar-refractivity contribution < 1.29 is 9.50 Å². The first-order valence-corrected chi connectivity index (χ1v) is 7.19. The number of halogens is 1. The van der Waals surface area contributed by atoms with Crippen molar-refractivity contribution in [3.8, 4) is 5.75 Å². The molecule has 0 aromatic heterocycles. The van der Waals surface area contributed by atoms with Crippen LogP contribution in [0.3, 0.4) is 0 Å². The molecule has 1 saturated carbocycles. The smallest absolute Gasteiger partial charge is 0.131 e. The van der Waals surface area contributed by atoms with Gasteiger partial charge in [-0.2, -0.15) is 0 Å². The fourth-order valence-electron chi connectivity index (χ4n) is 3.04. The number of hydrogen-bond acceptors (Lipinski definition) is 2. The standard InChI is InChI=1S/C16H24FNO/c1-11-4-6-13(7-5-11)18(3)12(2)15-9-8-14(19)10-16(15)17/h8-13,19H,4-7H2,1-3H3. The summed E-state index contributed by atoms with van der Waals surface area (Å²) in [5.74, 6) is 0.497. The minimum Gasteiger partial charge on any atom is -0.508 e. The van der Waals surface area contributed by atoms with E-state index < -0.39 is 0 Å². The Hall–Kier alpha value is -1.09. The maximum Gasteiger partial charge on any atom is 0.131 e. The van der Waals surface area contributed by atoms with Gasteiger partial charge in [0.15, 0.2) is 0 Å². The van der Waals surface area contributed by atoms with Crippen molar-refractivity contribution in [1.29, 1.82) is 0 Å². The van der Waals surface area contributed by atoms with E-state index in [-0.39, 0.29) is 17.6 Å². The van der Waals surface area contributed by atoms with Crippen LogP contribution in [-0.2, 0) is 0 Å². The van der Waals surface area contributed by atoms with Crippen molar-refractivity contribution in [3.63, 3.8) is 0 Å². The zero-order valence-corrected chi connectivity index (χ0v) is 12.1. The van der Waals surface area contributed by atoms with Crippen molar-refractivity contribution in [2.45, 2.75) is 51.6 Å². The van der Waals surface area contributed by atoms with Crippen LogP contribution in [0.15, 0.2) is 18.2 Å². The van der Waals surface area contributed by atoms with Crippen LogP contribution in [0.25, 0.3) is 0 Å². The molecule has 1 aliphatic carbocycles. The van der Waals surface area contributed by atoms with Gasteiger partial charge in [-0.15, -0.1) is 0 Å². The fourth-order valence-corrected chi connectivity index (χ4v) is 3.04. The average molecular weight is 265 g/mol. The van der Waals surface area contributed by atoms with E-state index in [1.54, 1.807) is 12.1 Å². The lowest BCUT2D eigenvalue weighted by Crippen LogP contribution is -2.36. The minimum absolute atomic E-state index is 0.0115. The molecule has 1 unspecified atom stereocenters. The van der Waals surface area contributed by atoms with Crippen LogP contribution in [0.5, 0.6) is 5.75 Å². The summed E-state index contributed by atoms with van der Waals surface area (Å²) < 4.78 is 13.9. The molecule has 0 radical (unpaired) electrons. The SMILES string of the molecule is CC1CCC(N(C)C(C)c2ccc(O)cc2F)CC1. The molecule has 106 valence electrons. The van der Waals surface area contributed by atoms with Crippen LogP contribution >= 0.6 is 0 Å². The highest BCUT2D eigenvalue weighted by molar-refractivity contribution is 5.29. The van der Waals surface area contributed by atoms with E-state index in [9.17, 15) is 9.50 Å². The molecule has 1 aromatic carbocycles. The maximum absolute atomic E-state index is 13.9. The van der Waals surface area contributed by atoms with Crippen LogP contribution in [-0.4, -0.2) is 23.1 Å². The lowest BCUT2D eigenvalue weighted by atomic mass is 9.86. The Morgan fingerprint density at radius 2 is 1.89 bits per heavy atom. The predicted molar refractivity (Wildman–Crippen MR) is 75.7 cm³/mol.